The number of benzene rings is 2. The van der Waals surface area contributed by atoms with E-state index in [1.54, 1.807) is 17.0 Å². The van der Waals surface area contributed by atoms with Crippen LogP contribution in [-0.2, 0) is 11.3 Å². The fourth-order valence-corrected chi connectivity index (χ4v) is 3.05. The Morgan fingerprint density at radius 3 is 2.39 bits per heavy atom. The van der Waals surface area contributed by atoms with Gasteiger partial charge in [0.1, 0.15) is 0 Å². The van der Waals surface area contributed by atoms with Crippen molar-refractivity contribution in [2.75, 3.05) is 40.9 Å². The number of methoxy groups -OCH3 is 1. The molecule has 8 nitrogen and oxygen atoms in total. The number of rotatable bonds is 10. The molecule has 0 aromatic heterocycles. The lowest BCUT2D eigenvalue weighted by Crippen LogP contribution is -2.36. The van der Waals surface area contributed by atoms with Crippen molar-refractivity contribution >= 4 is 23.4 Å². The van der Waals surface area contributed by atoms with Crippen molar-refractivity contribution in [3.05, 3.63) is 58.1 Å². The topological polar surface area (TPSA) is 109 Å². The molecular formula is C22H25ClN4O4. The van der Waals surface area contributed by atoms with Crippen LogP contribution in [0, 0.1) is 11.3 Å². The van der Waals surface area contributed by atoms with Crippen molar-refractivity contribution in [3.63, 3.8) is 0 Å². The average molecular weight is 445 g/mol. The lowest BCUT2D eigenvalue weighted by Gasteiger charge is -2.25. The van der Waals surface area contributed by atoms with Crippen LogP contribution in [0.15, 0.2) is 36.4 Å². The summed E-state index contributed by atoms with van der Waals surface area (Å²) in [6, 6.07) is 12.2. The zero-order valence-corrected chi connectivity index (χ0v) is 18.5. The van der Waals surface area contributed by atoms with Gasteiger partial charge in [0.25, 0.3) is 11.8 Å². The van der Waals surface area contributed by atoms with E-state index in [2.05, 4.69) is 6.07 Å². The molecule has 0 saturated heterocycles. The summed E-state index contributed by atoms with van der Waals surface area (Å²) in [5.41, 5.74) is 6.89. The van der Waals surface area contributed by atoms with Gasteiger partial charge in [0.05, 0.1) is 23.8 Å². The van der Waals surface area contributed by atoms with Gasteiger partial charge < -0.3 is 25.0 Å². The molecule has 0 aliphatic rings. The summed E-state index contributed by atoms with van der Waals surface area (Å²) in [6.45, 7) is 1.13. The molecule has 2 aromatic rings. The molecule has 0 radical (unpaired) electrons. The predicted molar refractivity (Wildman–Crippen MR) is 117 cm³/mol. The van der Waals surface area contributed by atoms with Gasteiger partial charge in [-0.3, -0.25) is 9.59 Å². The van der Waals surface area contributed by atoms with Crippen molar-refractivity contribution in [3.8, 4) is 17.6 Å². The molecule has 0 atom stereocenters. The number of carbonyl (C=O) groups is 2. The minimum atomic E-state index is -0.657. The number of halogens is 1. The van der Waals surface area contributed by atoms with Gasteiger partial charge in [-0.1, -0.05) is 23.7 Å². The SMILES string of the molecule is COc1cc(C(=O)N(CCN(C)C)Cc2ccc(C#N)cc2)cc(Cl)c1OCC(N)=O. The minimum absolute atomic E-state index is 0.134. The molecule has 164 valence electrons. The molecule has 0 heterocycles. The number of hydrogen-bond donors (Lipinski definition) is 1. The maximum Gasteiger partial charge on any atom is 0.255 e. The van der Waals surface area contributed by atoms with E-state index in [0.717, 1.165) is 5.56 Å². The first-order valence-electron chi connectivity index (χ1n) is 9.46. The standard InChI is InChI=1S/C22H25ClN4O4/c1-26(2)8-9-27(13-16-6-4-15(12-24)5-7-16)22(29)17-10-18(23)21(19(11-17)30-3)31-14-20(25)28/h4-7,10-11H,8-9,13-14H2,1-3H3,(H2,25,28). The lowest BCUT2D eigenvalue weighted by atomic mass is 10.1. The molecule has 2 aromatic carbocycles. The van der Waals surface area contributed by atoms with E-state index in [1.807, 2.05) is 31.1 Å². The van der Waals surface area contributed by atoms with Crippen molar-refractivity contribution in [1.82, 2.24) is 9.80 Å². The number of hydrogen-bond acceptors (Lipinski definition) is 6. The molecule has 0 bridgehead atoms. The smallest absolute Gasteiger partial charge is 0.255 e. The van der Waals surface area contributed by atoms with Gasteiger partial charge >= 0.3 is 0 Å². The molecular weight excluding hydrogens is 420 g/mol. The Hall–Kier alpha value is -3.28. The fraction of sp³-hybridized carbons (Fsp3) is 0.318. The van der Waals surface area contributed by atoms with E-state index in [-0.39, 0.29) is 29.0 Å². The zero-order valence-electron chi connectivity index (χ0n) is 17.7. The molecule has 2 rings (SSSR count). The summed E-state index contributed by atoms with van der Waals surface area (Å²) in [5.74, 6) is -0.530. The van der Waals surface area contributed by atoms with E-state index >= 15 is 0 Å². The molecule has 0 spiro atoms. The number of amides is 2. The summed E-state index contributed by atoms with van der Waals surface area (Å²) >= 11 is 6.30. The van der Waals surface area contributed by atoms with Crippen molar-refractivity contribution in [2.45, 2.75) is 6.54 Å². The van der Waals surface area contributed by atoms with Crippen LogP contribution in [0.1, 0.15) is 21.5 Å². The highest BCUT2D eigenvalue weighted by molar-refractivity contribution is 6.32. The molecule has 31 heavy (non-hydrogen) atoms. The van der Waals surface area contributed by atoms with E-state index in [9.17, 15) is 9.59 Å². The maximum absolute atomic E-state index is 13.3. The highest BCUT2D eigenvalue weighted by Crippen LogP contribution is 2.36. The Labute approximate surface area is 186 Å². The third kappa shape index (κ3) is 6.88. The Morgan fingerprint density at radius 1 is 1.16 bits per heavy atom. The minimum Gasteiger partial charge on any atom is -0.493 e. The van der Waals surface area contributed by atoms with Gasteiger partial charge in [0.2, 0.25) is 0 Å². The summed E-state index contributed by atoms with van der Waals surface area (Å²) < 4.78 is 10.6. The lowest BCUT2D eigenvalue weighted by molar-refractivity contribution is -0.119. The van der Waals surface area contributed by atoms with Crippen LogP contribution in [0.4, 0.5) is 0 Å². The molecule has 9 heteroatoms. The fourth-order valence-electron chi connectivity index (χ4n) is 2.79. The maximum atomic E-state index is 13.3. The number of nitrogens with two attached hydrogens (primary N) is 1. The van der Waals surface area contributed by atoms with Crippen LogP contribution in [0.2, 0.25) is 5.02 Å². The van der Waals surface area contributed by atoms with E-state index in [4.69, 9.17) is 32.1 Å². The van der Waals surface area contributed by atoms with Gasteiger partial charge in [-0.15, -0.1) is 0 Å². The Balaban J connectivity index is 2.32. The van der Waals surface area contributed by atoms with Crippen molar-refractivity contribution < 1.29 is 19.1 Å². The summed E-state index contributed by atoms with van der Waals surface area (Å²) in [4.78, 5) is 28.0. The second-order valence-corrected chi connectivity index (χ2v) is 7.49. The Bertz CT molecular complexity index is 971. The first-order valence-corrected chi connectivity index (χ1v) is 9.84. The average Bonchev–Trinajstić information content (AvgIpc) is 2.74. The van der Waals surface area contributed by atoms with Gasteiger partial charge in [0, 0.05) is 25.2 Å². The number of likely N-dealkylation sites (N-methyl/N-ethyl adjacent to an activating group) is 1. The highest BCUT2D eigenvalue weighted by atomic mass is 35.5. The Morgan fingerprint density at radius 2 is 1.84 bits per heavy atom. The van der Waals surface area contributed by atoms with Gasteiger partial charge in [0.15, 0.2) is 18.1 Å². The first kappa shape index (κ1) is 24.0. The third-order valence-corrected chi connectivity index (χ3v) is 4.68. The number of nitriles is 1. The number of primary amides is 1. The van der Waals surface area contributed by atoms with Crippen LogP contribution in [0.5, 0.6) is 11.5 Å². The van der Waals surface area contributed by atoms with Crippen LogP contribution in [-0.4, -0.2) is 62.5 Å². The zero-order chi connectivity index (χ0) is 23.0. The monoisotopic (exact) mass is 444 g/mol. The van der Waals surface area contributed by atoms with E-state index in [0.29, 0.717) is 30.8 Å². The van der Waals surface area contributed by atoms with E-state index in [1.165, 1.54) is 19.2 Å². The molecule has 0 unspecified atom stereocenters. The van der Waals surface area contributed by atoms with Gasteiger partial charge in [-0.25, -0.2) is 0 Å². The second-order valence-electron chi connectivity index (χ2n) is 7.08. The molecule has 0 aliphatic heterocycles. The first-order chi connectivity index (χ1) is 14.7. The Kier molecular flexibility index (Phi) is 8.67. The molecule has 0 saturated carbocycles. The normalized spacial score (nSPS) is 10.5. The molecule has 0 aliphatic carbocycles. The number of ether oxygens (including phenoxy) is 2. The van der Waals surface area contributed by atoms with E-state index < -0.39 is 5.91 Å². The van der Waals surface area contributed by atoms with Crippen LogP contribution >= 0.6 is 11.6 Å². The summed E-state index contributed by atoms with van der Waals surface area (Å²) in [6.07, 6.45) is 0. The van der Waals surface area contributed by atoms with Crippen LogP contribution < -0.4 is 15.2 Å². The molecule has 2 amide bonds. The number of nitrogens with zero attached hydrogens (tertiary/aromatic N) is 3. The van der Waals surface area contributed by atoms with Gasteiger partial charge in [-0.05, 0) is 43.9 Å². The predicted octanol–water partition coefficient (Wildman–Crippen LogP) is 2.29. The van der Waals surface area contributed by atoms with Crippen molar-refractivity contribution in [2.24, 2.45) is 5.73 Å². The van der Waals surface area contributed by atoms with Gasteiger partial charge in [-0.2, -0.15) is 5.26 Å². The quantitative estimate of drug-likeness (QED) is 0.602. The molecule has 2 N–H and O–H groups in total. The third-order valence-electron chi connectivity index (χ3n) is 4.40. The molecule has 0 fully saturated rings. The largest absolute Gasteiger partial charge is 0.493 e. The van der Waals surface area contributed by atoms with Crippen LogP contribution in [0.25, 0.3) is 0 Å². The summed E-state index contributed by atoms with van der Waals surface area (Å²) in [5, 5.41) is 9.11. The van der Waals surface area contributed by atoms with Crippen molar-refractivity contribution in [1.29, 1.82) is 5.26 Å². The summed E-state index contributed by atoms with van der Waals surface area (Å²) in [7, 11) is 5.27. The highest BCUT2D eigenvalue weighted by Gasteiger charge is 2.21. The number of carbonyl (C=O) groups excluding carboxylic acids is 2. The van der Waals surface area contributed by atoms with Crippen LogP contribution in [0.3, 0.4) is 0 Å². The second kappa shape index (κ2) is 11.2.